The largest absolute Gasteiger partial charge is 0.462 e. The first-order chi connectivity index (χ1) is 13.8. The Morgan fingerprint density at radius 3 is 2.76 bits per heavy atom. The van der Waals surface area contributed by atoms with Gasteiger partial charge in [-0.2, -0.15) is 0 Å². The Bertz CT molecular complexity index is 836. The first-order valence-electron chi connectivity index (χ1n) is 10.1. The van der Waals surface area contributed by atoms with Crippen molar-refractivity contribution >= 4 is 40.2 Å². The highest BCUT2D eigenvalue weighted by Crippen LogP contribution is 2.38. The second-order valence-electron chi connectivity index (χ2n) is 7.52. The number of carbonyl (C=O) groups is 4. The van der Waals surface area contributed by atoms with E-state index in [4.69, 9.17) is 4.74 Å². The molecule has 1 aromatic heterocycles. The Kier molecular flexibility index (Phi) is 6.26. The number of esters is 1. The Hall–Kier alpha value is -2.42. The molecule has 2 aliphatic rings. The number of ether oxygens (including phenoxy) is 1. The molecule has 0 bridgehead atoms. The Morgan fingerprint density at radius 2 is 2.10 bits per heavy atom. The maximum absolute atomic E-state index is 13.0. The van der Waals surface area contributed by atoms with Crippen molar-refractivity contribution < 1.29 is 23.9 Å². The van der Waals surface area contributed by atoms with Gasteiger partial charge in [-0.05, 0) is 38.2 Å². The molecule has 2 heterocycles. The molecule has 2 fully saturated rings. The standard InChI is InChI=1S/C20H27N3O5S/c1-4-13-10-14(17(25)28-5-2)16(29-13)21-15(24)11-23-18(26)20(22-19(23)27)9-7-6-8-12(20)3/h10,12H,4-9,11H2,1-3H3,(H,21,24)(H,22,27)/t12-,20-/m1/s1. The van der Waals surface area contributed by atoms with Gasteiger partial charge in [0.05, 0.1) is 12.2 Å². The zero-order valence-corrected chi connectivity index (χ0v) is 17.8. The number of hydrogen-bond acceptors (Lipinski definition) is 6. The van der Waals surface area contributed by atoms with Crippen LogP contribution in [0.4, 0.5) is 9.80 Å². The number of nitrogens with one attached hydrogen (secondary N) is 2. The summed E-state index contributed by atoms with van der Waals surface area (Å²) in [6.45, 7) is 5.46. The minimum Gasteiger partial charge on any atom is -0.462 e. The van der Waals surface area contributed by atoms with Crippen LogP contribution in [0.3, 0.4) is 0 Å². The van der Waals surface area contributed by atoms with Gasteiger partial charge in [-0.3, -0.25) is 14.5 Å². The summed E-state index contributed by atoms with van der Waals surface area (Å²) >= 11 is 1.29. The number of urea groups is 1. The first-order valence-corrected chi connectivity index (χ1v) is 10.9. The van der Waals surface area contributed by atoms with Crippen molar-refractivity contribution in [1.82, 2.24) is 10.2 Å². The van der Waals surface area contributed by atoms with Gasteiger partial charge in [-0.15, -0.1) is 11.3 Å². The molecule has 1 saturated heterocycles. The molecular formula is C20H27N3O5S. The molecule has 158 valence electrons. The fourth-order valence-corrected chi connectivity index (χ4v) is 5.02. The molecule has 2 atom stereocenters. The number of imide groups is 1. The van der Waals surface area contributed by atoms with Crippen LogP contribution in [0.25, 0.3) is 0 Å². The van der Waals surface area contributed by atoms with Gasteiger partial charge in [-0.1, -0.05) is 26.7 Å². The summed E-state index contributed by atoms with van der Waals surface area (Å²) in [5, 5.41) is 5.89. The summed E-state index contributed by atoms with van der Waals surface area (Å²) < 4.78 is 5.05. The Labute approximate surface area is 174 Å². The smallest absolute Gasteiger partial charge is 0.341 e. The van der Waals surface area contributed by atoms with Crippen LogP contribution in [-0.2, 0) is 20.7 Å². The van der Waals surface area contributed by atoms with Crippen LogP contribution in [0.1, 0.15) is 61.7 Å². The van der Waals surface area contributed by atoms with Crippen molar-refractivity contribution in [1.29, 1.82) is 0 Å². The molecule has 0 unspecified atom stereocenters. The number of nitrogens with zero attached hydrogens (tertiary/aromatic N) is 1. The van der Waals surface area contributed by atoms with Crippen molar-refractivity contribution in [3.05, 3.63) is 16.5 Å². The lowest BCUT2D eigenvalue weighted by Crippen LogP contribution is -2.54. The fraction of sp³-hybridized carbons (Fsp3) is 0.600. The third-order valence-corrected chi connectivity index (χ3v) is 6.88. The molecule has 1 aliphatic heterocycles. The lowest BCUT2D eigenvalue weighted by molar-refractivity contribution is -0.136. The highest BCUT2D eigenvalue weighted by atomic mass is 32.1. The Morgan fingerprint density at radius 1 is 1.34 bits per heavy atom. The number of hydrogen-bond donors (Lipinski definition) is 2. The molecule has 9 heteroatoms. The van der Waals surface area contributed by atoms with E-state index in [1.807, 2.05) is 13.8 Å². The summed E-state index contributed by atoms with van der Waals surface area (Å²) in [6.07, 6.45) is 4.06. The summed E-state index contributed by atoms with van der Waals surface area (Å²) in [7, 11) is 0. The second kappa shape index (κ2) is 8.52. The topological polar surface area (TPSA) is 105 Å². The predicted molar refractivity (Wildman–Crippen MR) is 109 cm³/mol. The number of carbonyl (C=O) groups excluding carboxylic acids is 4. The molecule has 0 aromatic carbocycles. The lowest BCUT2D eigenvalue weighted by Gasteiger charge is -2.36. The molecule has 8 nitrogen and oxygen atoms in total. The van der Waals surface area contributed by atoms with Gasteiger partial charge in [0.15, 0.2) is 0 Å². The van der Waals surface area contributed by atoms with Gasteiger partial charge in [0.2, 0.25) is 5.91 Å². The molecule has 1 aromatic rings. The van der Waals surface area contributed by atoms with Crippen molar-refractivity contribution in [3.8, 4) is 0 Å². The van der Waals surface area contributed by atoms with Gasteiger partial charge < -0.3 is 15.4 Å². The SMILES string of the molecule is CCOC(=O)c1cc(CC)sc1NC(=O)CN1C(=O)N[C@@]2(CCCC[C@H]2C)C1=O. The quantitative estimate of drug-likeness (QED) is 0.543. The van der Waals surface area contributed by atoms with Crippen molar-refractivity contribution in [3.63, 3.8) is 0 Å². The van der Waals surface area contributed by atoms with E-state index in [0.29, 0.717) is 17.8 Å². The van der Waals surface area contributed by atoms with Crippen LogP contribution in [0.5, 0.6) is 0 Å². The van der Waals surface area contributed by atoms with Crippen LogP contribution in [0.2, 0.25) is 0 Å². The third kappa shape index (κ3) is 4.01. The molecule has 3 rings (SSSR count). The number of amides is 4. The highest BCUT2D eigenvalue weighted by Gasteiger charge is 2.55. The summed E-state index contributed by atoms with van der Waals surface area (Å²) in [5.41, 5.74) is -0.610. The summed E-state index contributed by atoms with van der Waals surface area (Å²) in [4.78, 5) is 52.1. The van der Waals surface area contributed by atoms with Crippen LogP contribution < -0.4 is 10.6 Å². The molecule has 29 heavy (non-hydrogen) atoms. The van der Waals surface area contributed by atoms with E-state index in [0.717, 1.165) is 29.0 Å². The number of aryl methyl sites for hydroxylation is 1. The summed E-state index contributed by atoms with van der Waals surface area (Å²) in [6, 6.07) is 1.16. The number of rotatable bonds is 6. The second-order valence-corrected chi connectivity index (χ2v) is 8.65. The van der Waals surface area contributed by atoms with Crippen LogP contribution in [0, 0.1) is 5.92 Å². The van der Waals surface area contributed by atoms with E-state index >= 15 is 0 Å². The summed E-state index contributed by atoms with van der Waals surface area (Å²) in [5.74, 6) is -1.34. The average molecular weight is 422 g/mol. The monoisotopic (exact) mass is 421 g/mol. The van der Waals surface area contributed by atoms with Gasteiger partial charge in [0, 0.05) is 4.88 Å². The van der Waals surface area contributed by atoms with Crippen LogP contribution in [-0.4, -0.2) is 47.4 Å². The van der Waals surface area contributed by atoms with Crippen molar-refractivity contribution in [2.45, 2.75) is 58.4 Å². The maximum Gasteiger partial charge on any atom is 0.341 e. The van der Waals surface area contributed by atoms with Gasteiger partial charge in [0.1, 0.15) is 17.1 Å². The molecule has 0 radical (unpaired) electrons. The van der Waals surface area contributed by atoms with E-state index in [1.54, 1.807) is 13.0 Å². The molecule has 1 aliphatic carbocycles. The van der Waals surface area contributed by atoms with Gasteiger partial charge in [0.25, 0.3) is 5.91 Å². The lowest BCUT2D eigenvalue weighted by atomic mass is 9.73. The maximum atomic E-state index is 13.0. The number of anilines is 1. The highest BCUT2D eigenvalue weighted by molar-refractivity contribution is 7.16. The molecule has 4 amide bonds. The molecule has 1 spiro atoms. The van der Waals surface area contributed by atoms with E-state index in [2.05, 4.69) is 10.6 Å². The minimum absolute atomic E-state index is 0.0283. The van der Waals surface area contributed by atoms with Crippen LogP contribution in [0.15, 0.2) is 6.07 Å². The molecular weight excluding hydrogens is 394 g/mol. The van der Waals surface area contributed by atoms with Crippen molar-refractivity contribution in [2.75, 3.05) is 18.5 Å². The van der Waals surface area contributed by atoms with Gasteiger partial charge in [-0.25, -0.2) is 9.59 Å². The predicted octanol–water partition coefficient (Wildman–Crippen LogP) is 2.93. The average Bonchev–Trinajstić information content (AvgIpc) is 3.19. The van der Waals surface area contributed by atoms with E-state index in [9.17, 15) is 19.2 Å². The number of thiophene rings is 1. The Balaban J connectivity index is 1.73. The molecule has 1 saturated carbocycles. The fourth-order valence-electron chi connectivity index (χ4n) is 4.02. The van der Waals surface area contributed by atoms with Crippen LogP contribution >= 0.6 is 11.3 Å². The zero-order chi connectivity index (χ0) is 21.2. The molecule has 2 N–H and O–H groups in total. The zero-order valence-electron chi connectivity index (χ0n) is 17.0. The van der Waals surface area contributed by atoms with E-state index in [1.165, 1.54) is 11.3 Å². The van der Waals surface area contributed by atoms with E-state index in [-0.39, 0.29) is 30.5 Å². The van der Waals surface area contributed by atoms with Crippen molar-refractivity contribution in [2.24, 2.45) is 5.92 Å². The van der Waals surface area contributed by atoms with Gasteiger partial charge >= 0.3 is 12.0 Å². The minimum atomic E-state index is -0.899. The third-order valence-electron chi connectivity index (χ3n) is 5.68. The van der Waals surface area contributed by atoms with E-state index < -0.39 is 23.4 Å². The normalized spacial score (nSPS) is 24.0. The first kappa shape index (κ1) is 21.3.